The van der Waals surface area contributed by atoms with Gasteiger partial charge in [0.2, 0.25) is 5.91 Å². The third-order valence-corrected chi connectivity index (χ3v) is 12.1. The molecule has 2 N–H and O–H groups in total. The standard InChI is InChI=1S/C50H97N2O6P/c1-6-8-10-12-14-16-18-20-21-22-23-24-25-26-27-28-29-30-31-32-34-36-38-40-42-44-50(54)51-48(47-58-59(55,56)57-46-45-52(3,4)5)49(53)43-41-39-37-35-33-19-17-15-13-11-9-7-2/h18,20,22-23,41,43,48-49,53H,6-17,19,21,24-40,42,44-47H2,1-5H3,(H-,51,54,55,56)/b20-18-,23-22-,43-41+. The van der Waals surface area contributed by atoms with Crippen molar-refractivity contribution in [1.29, 1.82) is 0 Å². The monoisotopic (exact) mass is 853 g/mol. The molecule has 0 radical (unpaired) electrons. The zero-order valence-corrected chi connectivity index (χ0v) is 40.4. The number of phosphoric ester groups is 1. The van der Waals surface area contributed by atoms with Crippen molar-refractivity contribution in [2.45, 2.75) is 238 Å². The first-order valence-corrected chi connectivity index (χ1v) is 26.3. The van der Waals surface area contributed by atoms with Crippen molar-refractivity contribution in [2.75, 3.05) is 40.9 Å². The van der Waals surface area contributed by atoms with E-state index in [1.54, 1.807) is 6.08 Å². The number of rotatable bonds is 45. The van der Waals surface area contributed by atoms with E-state index in [2.05, 4.69) is 43.5 Å². The summed E-state index contributed by atoms with van der Waals surface area (Å²) in [4.78, 5) is 25.3. The average Bonchev–Trinajstić information content (AvgIpc) is 3.19. The third kappa shape index (κ3) is 44.6. The summed E-state index contributed by atoms with van der Waals surface area (Å²) in [6, 6.07) is -0.884. The van der Waals surface area contributed by atoms with Crippen molar-refractivity contribution in [1.82, 2.24) is 5.32 Å². The number of carbonyl (C=O) groups is 1. The lowest BCUT2D eigenvalue weighted by Gasteiger charge is -2.29. The molecule has 0 saturated heterocycles. The van der Waals surface area contributed by atoms with E-state index < -0.39 is 20.0 Å². The summed E-state index contributed by atoms with van der Waals surface area (Å²) in [6.45, 7) is 4.63. The Bertz CT molecular complexity index is 1060. The quantitative estimate of drug-likeness (QED) is 0.0273. The van der Waals surface area contributed by atoms with Gasteiger partial charge in [0.05, 0.1) is 39.9 Å². The van der Waals surface area contributed by atoms with Crippen molar-refractivity contribution in [3.63, 3.8) is 0 Å². The number of unbranched alkanes of at least 4 members (excludes halogenated alkanes) is 28. The number of allylic oxidation sites excluding steroid dienone is 5. The first-order valence-electron chi connectivity index (χ1n) is 24.9. The van der Waals surface area contributed by atoms with E-state index in [0.29, 0.717) is 17.4 Å². The maximum absolute atomic E-state index is 12.9. The average molecular weight is 853 g/mol. The summed E-state index contributed by atoms with van der Waals surface area (Å²) < 4.78 is 23.2. The lowest BCUT2D eigenvalue weighted by Crippen LogP contribution is -2.45. The van der Waals surface area contributed by atoms with Gasteiger partial charge in [-0.3, -0.25) is 9.36 Å². The minimum absolute atomic E-state index is 0.000804. The largest absolute Gasteiger partial charge is 0.756 e. The molecule has 8 nitrogen and oxygen atoms in total. The number of aliphatic hydroxyl groups excluding tert-OH is 1. The first kappa shape index (κ1) is 57.7. The first-order chi connectivity index (χ1) is 28.5. The minimum atomic E-state index is -4.59. The Morgan fingerprint density at radius 1 is 0.593 bits per heavy atom. The number of amides is 1. The second-order valence-electron chi connectivity index (χ2n) is 18.2. The second kappa shape index (κ2) is 42.0. The van der Waals surface area contributed by atoms with Crippen LogP contribution in [0.3, 0.4) is 0 Å². The summed E-state index contributed by atoms with van der Waals surface area (Å²) in [5, 5.41) is 13.8. The van der Waals surface area contributed by atoms with Crippen LogP contribution in [0.2, 0.25) is 0 Å². The Morgan fingerprint density at radius 2 is 0.983 bits per heavy atom. The second-order valence-corrected chi connectivity index (χ2v) is 19.6. The number of likely N-dealkylation sites (N-methyl/N-ethyl adjacent to an activating group) is 1. The SMILES string of the molecule is CCCCCCC/C=C\C/C=C\CCCCCCCCCCCCCCCC(=O)NC(COP(=O)([O-])OCC[N+](C)(C)C)C(O)/C=C/CCCCCCCCCCCC. The van der Waals surface area contributed by atoms with Gasteiger partial charge >= 0.3 is 0 Å². The fourth-order valence-corrected chi connectivity index (χ4v) is 7.85. The molecule has 3 unspecified atom stereocenters. The van der Waals surface area contributed by atoms with Crippen molar-refractivity contribution in [3.05, 3.63) is 36.5 Å². The van der Waals surface area contributed by atoms with E-state index in [0.717, 1.165) is 44.9 Å². The normalized spacial score (nSPS) is 14.5. The maximum Gasteiger partial charge on any atom is 0.268 e. The van der Waals surface area contributed by atoms with Crippen molar-refractivity contribution >= 4 is 13.7 Å². The molecular formula is C50H97N2O6P. The van der Waals surface area contributed by atoms with Crippen LogP contribution in [0, 0.1) is 0 Å². The molecule has 0 spiro atoms. The van der Waals surface area contributed by atoms with Gasteiger partial charge in [-0.05, 0) is 51.4 Å². The number of aliphatic hydroxyl groups is 1. The van der Waals surface area contributed by atoms with Crippen LogP contribution in [0.1, 0.15) is 226 Å². The van der Waals surface area contributed by atoms with Crippen LogP contribution in [0.25, 0.3) is 0 Å². The van der Waals surface area contributed by atoms with E-state index >= 15 is 0 Å². The number of phosphoric acid groups is 1. The van der Waals surface area contributed by atoms with Crippen molar-refractivity contribution in [3.8, 4) is 0 Å². The Hall–Kier alpha value is -1.28. The molecule has 0 saturated carbocycles. The van der Waals surface area contributed by atoms with Crippen LogP contribution in [0.15, 0.2) is 36.5 Å². The van der Waals surface area contributed by atoms with E-state index in [-0.39, 0.29) is 19.1 Å². The van der Waals surface area contributed by atoms with Gasteiger partial charge in [-0.2, -0.15) is 0 Å². The predicted octanol–water partition coefficient (Wildman–Crippen LogP) is 13.6. The summed E-state index contributed by atoms with van der Waals surface area (Å²) in [5.74, 6) is -0.199. The molecule has 0 aromatic rings. The zero-order chi connectivity index (χ0) is 43.6. The highest BCUT2D eigenvalue weighted by Crippen LogP contribution is 2.38. The van der Waals surface area contributed by atoms with E-state index in [9.17, 15) is 19.4 Å². The van der Waals surface area contributed by atoms with Gasteiger partial charge in [0.15, 0.2) is 0 Å². The van der Waals surface area contributed by atoms with Crippen LogP contribution < -0.4 is 10.2 Å². The van der Waals surface area contributed by atoms with Crippen LogP contribution in [0.4, 0.5) is 0 Å². The van der Waals surface area contributed by atoms with Crippen LogP contribution >= 0.6 is 7.82 Å². The minimum Gasteiger partial charge on any atom is -0.756 e. The van der Waals surface area contributed by atoms with Gasteiger partial charge in [-0.1, -0.05) is 204 Å². The maximum atomic E-state index is 12.9. The number of hydrogen-bond donors (Lipinski definition) is 2. The zero-order valence-electron chi connectivity index (χ0n) is 39.5. The molecule has 0 aliphatic heterocycles. The highest BCUT2D eigenvalue weighted by Gasteiger charge is 2.23. The number of nitrogens with zero attached hydrogens (tertiary/aromatic N) is 1. The van der Waals surface area contributed by atoms with Gasteiger partial charge in [0.25, 0.3) is 7.82 Å². The van der Waals surface area contributed by atoms with Gasteiger partial charge in [0.1, 0.15) is 13.2 Å². The summed E-state index contributed by atoms with van der Waals surface area (Å²) in [7, 11) is 1.26. The molecule has 0 aromatic heterocycles. The number of quaternary nitrogens is 1. The van der Waals surface area contributed by atoms with Crippen LogP contribution in [-0.2, 0) is 18.4 Å². The Labute approximate surface area is 366 Å². The van der Waals surface area contributed by atoms with Crippen molar-refractivity contribution in [2.24, 2.45) is 0 Å². The highest BCUT2D eigenvalue weighted by atomic mass is 31.2. The lowest BCUT2D eigenvalue weighted by atomic mass is 10.0. The summed E-state index contributed by atoms with van der Waals surface area (Å²) >= 11 is 0. The van der Waals surface area contributed by atoms with E-state index in [4.69, 9.17) is 9.05 Å². The highest BCUT2D eigenvalue weighted by molar-refractivity contribution is 7.45. The van der Waals surface area contributed by atoms with Crippen molar-refractivity contribution < 1.29 is 32.9 Å². The number of nitrogens with one attached hydrogen (secondary N) is 1. The predicted molar refractivity (Wildman–Crippen MR) is 251 cm³/mol. The van der Waals surface area contributed by atoms with Gasteiger partial charge in [0, 0.05) is 6.42 Å². The number of carbonyl (C=O) groups excluding carboxylic acids is 1. The Morgan fingerprint density at radius 3 is 1.41 bits per heavy atom. The summed E-state index contributed by atoms with van der Waals surface area (Å²) in [6.07, 6.45) is 52.0. The lowest BCUT2D eigenvalue weighted by molar-refractivity contribution is -0.870. The van der Waals surface area contributed by atoms with E-state index in [1.165, 1.54) is 161 Å². The molecule has 59 heavy (non-hydrogen) atoms. The van der Waals surface area contributed by atoms with Gasteiger partial charge in [-0.25, -0.2) is 0 Å². The molecule has 9 heteroatoms. The smallest absolute Gasteiger partial charge is 0.268 e. The molecule has 0 aromatic carbocycles. The topological polar surface area (TPSA) is 108 Å². The summed E-state index contributed by atoms with van der Waals surface area (Å²) in [5.41, 5.74) is 0. The van der Waals surface area contributed by atoms with Crippen LogP contribution in [0.5, 0.6) is 0 Å². The van der Waals surface area contributed by atoms with Gasteiger partial charge < -0.3 is 28.8 Å². The number of hydrogen-bond acceptors (Lipinski definition) is 6. The molecule has 1 amide bonds. The van der Waals surface area contributed by atoms with E-state index in [1.807, 2.05) is 27.2 Å². The molecule has 0 rings (SSSR count). The molecule has 3 atom stereocenters. The van der Waals surface area contributed by atoms with Gasteiger partial charge in [-0.15, -0.1) is 0 Å². The molecule has 0 aliphatic rings. The molecule has 0 bridgehead atoms. The molecule has 348 valence electrons. The fraction of sp³-hybridized carbons (Fsp3) is 0.860. The Kier molecular flexibility index (Phi) is 41.1. The molecule has 0 aliphatic carbocycles. The Balaban J connectivity index is 4.20. The molecule has 0 fully saturated rings. The molecule has 0 heterocycles. The third-order valence-electron chi connectivity index (χ3n) is 11.1. The molecular weight excluding hydrogens is 756 g/mol. The van der Waals surface area contributed by atoms with Crippen LogP contribution in [-0.4, -0.2) is 68.5 Å². The fourth-order valence-electron chi connectivity index (χ4n) is 7.12.